The fourth-order valence-electron chi connectivity index (χ4n) is 3.59. The molecule has 0 saturated carbocycles. The number of aromatic nitrogens is 2. The number of hydrogen-bond acceptors (Lipinski definition) is 4. The highest BCUT2D eigenvalue weighted by Gasteiger charge is 2.27. The fourth-order valence-corrected chi connectivity index (χ4v) is 3.59. The van der Waals surface area contributed by atoms with Gasteiger partial charge in [-0.15, -0.1) is 0 Å². The van der Waals surface area contributed by atoms with Crippen LogP contribution in [0.15, 0.2) is 23.0 Å². The van der Waals surface area contributed by atoms with Crippen molar-refractivity contribution in [2.24, 2.45) is 11.7 Å². The molecule has 146 valence electrons. The average molecular weight is 373 g/mol. The monoisotopic (exact) mass is 373 g/mol. The van der Waals surface area contributed by atoms with Crippen molar-refractivity contribution in [3.8, 4) is 0 Å². The number of nitrogens with two attached hydrogens (primary N) is 1. The summed E-state index contributed by atoms with van der Waals surface area (Å²) in [6.45, 7) is 2.10. The van der Waals surface area contributed by atoms with E-state index >= 15 is 0 Å². The predicted octanol–water partition coefficient (Wildman–Crippen LogP) is 0.492. The first kappa shape index (κ1) is 19.2. The minimum Gasteiger partial charge on any atom is -0.355 e. The Bertz CT molecular complexity index is 856. The Labute approximate surface area is 157 Å². The van der Waals surface area contributed by atoms with Crippen molar-refractivity contribution in [1.29, 1.82) is 0 Å². The molecule has 1 unspecified atom stereocenters. The van der Waals surface area contributed by atoms with E-state index in [0.29, 0.717) is 26.1 Å². The maximum absolute atomic E-state index is 12.5. The molecular weight excluding hydrogens is 346 g/mol. The van der Waals surface area contributed by atoms with Crippen molar-refractivity contribution in [2.45, 2.75) is 32.1 Å². The van der Waals surface area contributed by atoms with E-state index in [1.807, 2.05) is 23.1 Å². The van der Waals surface area contributed by atoms with Crippen LogP contribution in [0.1, 0.15) is 31.2 Å². The molecule has 1 saturated heterocycles. The number of aromatic amines is 2. The number of fused-ring (bicyclic) bond motifs is 1. The summed E-state index contributed by atoms with van der Waals surface area (Å²) < 4.78 is 0. The molecule has 1 aliphatic heterocycles. The molecule has 27 heavy (non-hydrogen) atoms. The molecule has 8 nitrogen and oxygen atoms in total. The van der Waals surface area contributed by atoms with Crippen LogP contribution in [0, 0.1) is 5.92 Å². The lowest BCUT2D eigenvalue weighted by Gasteiger charge is -2.32. The minimum atomic E-state index is -0.215. The Kier molecular flexibility index (Phi) is 6.28. The predicted molar refractivity (Wildman–Crippen MR) is 103 cm³/mol. The van der Waals surface area contributed by atoms with Crippen LogP contribution in [0.25, 0.3) is 11.0 Å². The first-order valence-corrected chi connectivity index (χ1v) is 9.53. The van der Waals surface area contributed by atoms with Crippen LogP contribution >= 0.6 is 0 Å². The summed E-state index contributed by atoms with van der Waals surface area (Å²) in [6, 6.07) is 5.78. The topological polar surface area (TPSA) is 124 Å². The lowest BCUT2D eigenvalue weighted by Crippen LogP contribution is -2.46. The highest BCUT2D eigenvalue weighted by molar-refractivity contribution is 5.81. The quantitative estimate of drug-likeness (QED) is 0.564. The molecule has 3 rings (SSSR count). The Hall–Kier alpha value is -2.61. The number of nitrogens with zero attached hydrogens (tertiary/aromatic N) is 1. The molecule has 2 heterocycles. The van der Waals surface area contributed by atoms with Crippen LogP contribution in [0.5, 0.6) is 0 Å². The maximum atomic E-state index is 12.5. The molecule has 2 amide bonds. The van der Waals surface area contributed by atoms with Gasteiger partial charge in [-0.1, -0.05) is 6.07 Å². The number of hydrogen-bond donors (Lipinski definition) is 4. The number of benzene rings is 1. The third-order valence-electron chi connectivity index (χ3n) is 5.02. The van der Waals surface area contributed by atoms with Gasteiger partial charge < -0.3 is 25.9 Å². The fraction of sp³-hybridized carbons (Fsp3) is 0.526. The van der Waals surface area contributed by atoms with E-state index in [0.717, 1.165) is 48.8 Å². The highest BCUT2D eigenvalue weighted by Crippen LogP contribution is 2.18. The summed E-state index contributed by atoms with van der Waals surface area (Å²) in [6.07, 6.45) is 3.63. The number of carbonyl (C=O) groups is 2. The van der Waals surface area contributed by atoms with Gasteiger partial charge in [0, 0.05) is 32.6 Å². The number of carbonyl (C=O) groups excluding carboxylic acids is 2. The van der Waals surface area contributed by atoms with Gasteiger partial charge in [0.25, 0.3) is 0 Å². The van der Waals surface area contributed by atoms with E-state index in [1.54, 1.807) is 0 Å². The average Bonchev–Trinajstić information content (AvgIpc) is 3.05. The number of amides is 2. The normalized spacial score (nSPS) is 17.2. The van der Waals surface area contributed by atoms with Gasteiger partial charge in [0.1, 0.15) is 0 Å². The van der Waals surface area contributed by atoms with Crippen molar-refractivity contribution >= 4 is 22.8 Å². The largest absolute Gasteiger partial charge is 0.355 e. The minimum absolute atomic E-state index is 0.00764. The highest BCUT2D eigenvalue weighted by atomic mass is 16.2. The first-order chi connectivity index (χ1) is 13.1. The number of rotatable bonds is 7. The van der Waals surface area contributed by atoms with Gasteiger partial charge in [-0.3, -0.25) is 9.59 Å². The van der Waals surface area contributed by atoms with E-state index in [9.17, 15) is 14.4 Å². The lowest BCUT2D eigenvalue weighted by atomic mass is 9.96. The molecule has 1 fully saturated rings. The second-order valence-corrected chi connectivity index (χ2v) is 7.07. The second-order valence-electron chi connectivity index (χ2n) is 7.07. The molecule has 0 spiro atoms. The van der Waals surface area contributed by atoms with Crippen molar-refractivity contribution in [3.05, 3.63) is 34.2 Å². The van der Waals surface area contributed by atoms with Crippen LogP contribution in [0.2, 0.25) is 0 Å². The Morgan fingerprint density at radius 1 is 1.26 bits per heavy atom. The SMILES string of the molecule is NCCNC(=O)C1CCCN(C(=O)CCCc2ccc3[nH]c(=O)[nH]c3c2)C1. The van der Waals surface area contributed by atoms with E-state index in [-0.39, 0.29) is 23.4 Å². The van der Waals surface area contributed by atoms with Crippen LogP contribution in [-0.4, -0.2) is 52.9 Å². The molecule has 1 aliphatic rings. The Balaban J connectivity index is 1.47. The van der Waals surface area contributed by atoms with Crippen LogP contribution < -0.4 is 16.7 Å². The van der Waals surface area contributed by atoms with Gasteiger partial charge >= 0.3 is 5.69 Å². The summed E-state index contributed by atoms with van der Waals surface area (Å²) >= 11 is 0. The molecule has 0 radical (unpaired) electrons. The molecule has 2 aromatic rings. The van der Waals surface area contributed by atoms with Crippen LogP contribution in [0.4, 0.5) is 0 Å². The van der Waals surface area contributed by atoms with Crippen LogP contribution in [-0.2, 0) is 16.0 Å². The molecule has 1 aromatic heterocycles. The van der Waals surface area contributed by atoms with Crippen molar-refractivity contribution in [1.82, 2.24) is 20.2 Å². The zero-order chi connectivity index (χ0) is 19.2. The third-order valence-corrected chi connectivity index (χ3v) is 5.02. The van der Waals surface area contributed by atoms with E-state index in [2.05, 4.69) is 15.3 Å². The molecule has 8 heteroatoms. The number of aryl methyl sites for hydroxylation is 1. The summed E-state index contributed by atoms with van der Waals surface area (Å²) in [5, 5.41) is 2.81. The molecule has 0 aliphatic carbocycles. The van der Waals surface area contributed by atoms with Gasteiger partial charge in [-0.2, -0.15) is 0 Å². The van der Waals surface area contributed by atoms with E-state index < -0.39 is 0 Å². The number of likely N-dealkylation sites (tertiary alicyclic amines) is 1. The lowest BCUT2D eigenvalue weighted by molar-refractivity contribution is -0.135. The molecule has 1 aromatic carbocycles. The maximum Gasteiger partial charge on any atom is 0.323 e. The zero-order valence-electron chi connectivity index (χ0n) is 15.4. The van der Waals surface area contributed by atoms with E-state index in [4.69, 9.17) is 5.73 Å². The summed E-state index contributed by atoms with van der Waals surface area (Å²) in [5.74, 6) is -0.0451. The van der Waals surface area contributed by atoms with Gasteiger partial charge in [-0.25, -0.2) is 4.79 Å². The molecule has 0 bridgehead atoms. The van der Waals surface area contributed by atoms with Crippen LogP contribution in [0.3, 0.4) is 0 Å². The van der Waals surface area contributed by atoms with Crippen molar-refractivity contribution in [3.63, 3.8) is 0 Å². The number of imidazole rings is 1. The van der Waals surface area contributed by atoms with E-state index in [1.165, 1.54) is 0 Å². The molecular formula is C19H27N5O3. The van der Waals surface area contributed by atoms with Gasteiger partial charge in [0.2, 0.25) is 11.8 Å². The van der Waals surface area contributed by atoms with Gasteiger partial charge in [0.05, 0.1) is 17.0 Å². The summed E-state index contributed by atoms with van der Waals surface area (Å²) in [7, 11) is 0. The third kappa shape index (κ3) is 4.97. The Morgan fingerprint density at radius 2 is 2.07 bits per heavy atom. The first-order valence-electron chi connectivity index (χ1n) is 9.53. The number of piperidine rings is 1. The summed E-state index contributed by atoms with van der Waals surface area (Å²) in [4.78, 5) is 43.2. The van der Waals surface area contributed by atoms with Crippen molar-refractivity contribution < 1.29 is 9.59 Å². The smallest absolute Gasteiger partial charge is 0.323 e. The van der Waals surface area contributed by atoms with Gasteiger partial charge in [0.15, 0.2) is 0 Å². The second kappa shape index (κ2) is 8.85. The zero-order valence-corrected chi connectivity index (χ0v) is 15.4. The summed E-state index contributed by atoms with van der Waals surface area (Å²) in [5.41, 5.74) is 7.86. The number of nitrogens with one attached hydrogen (secondary N) is 3. The Morgan fingerprint density at radius 3 is 2.89 bits per heavy atom. The molecule has 5 N–H and O–H groups in total. The number of H-pyrrole nitrogens is 2. The standard InChI is InChI=1S/C19H27N5O3/c20-8-9-21-18(26)14-4-2-10-24(12-14)17(25)5-1-3-13-6-7-15-16(11-13)23-19(27)22-15/h6-7,11,14H,1-5,8-10,12,20H2,(H,21,26)(H2,22,23,27). The van der Waals surface area contributed by atoms with Crippen molar-refractivity contribution in [2.75, 3.05) is 26.2 Å². The molecule has 1 atom stereocenters. The van der Waals surface area contributed by atoms with Gasteiger partial charge in [-0.05, 0) is 43.4 Å².